The molecule has 0 radical (unpaired) electrons. The average Bonchev–Trinajstić information content (AvgIpc) is 3.68. The smallest absolute Gasteiger partial charge is 0.319 e. The molecule has 3 aliphatic heterocycles. The van der Waals surface area contributed by atoms with Crippen LogP contribution in [0.15, 0.2) is 42.6 Å². The predicted molar refractivity (Wildman–Crippen MR) is 161 cm³/mol. The first-order valence-corrected chi connectivity index (χ1v) is 14.7. The van der Waals surface area contributed by atoms with Crippen molar-refractivity contribution in [2.75, 3.05) is 38.2 Å². The third-order valence-corrected chi connectivity index (χ3v) is 9.50. The van der Waals surface area contributed by atoms with Crippen molar-refractivity contribution in [1.82, 2.24) is 25.2 Å². The molecule has 4 aromatic rings. The molecule has 0 amide bonds. The van der Waals surface area contributed by atoms with E-state index in [1.165, 1.54) is 0 Å². The molecule has 3 saturated heterocycles. The Kier molecular flexibility index (Phi) is 6.71. The van der Waals surface area contributed by atoms with Crippen molar-refractivity contribution >= 4 is 27.5 Å². The molecule has 1 N–H and O–H groups in total. The lowest BCUT2D eigenvalue weighted by Gasteiger charge is -2.31. The van der Waals surface area contributed by atoms with Crippen LogP contribution in [0, 0.1) is 18.2 Å². The Labute approximate surface area is 244 Å². The summed E-state index contributed by atoms with van der Waals surface area (Å²) in [6, 6.07) is 11.8. The molecule has 2 aromatic carbocycles. The molecular weight excluding hydrogens is 534 g/mol. The number of hydrogen-bond donors (Lipinski definition) is 1. The molecule has 4 atom stereocenters. The van der Waals surface area contributed by atoms with Crippen molar-refractivity contribution in [2.45, 2.75) is 56.4 Å². The first kappa shape index (κ1) is 27.0. The summed E-state index contributed by atoms with van der Waals surface area (Å²) < 4.78 is 37.3. The van der Waals surface area contributed by atoms with Crippen molar-refractivity contribution < 1.29 is 13.5 Å². The van der Waals surface area contributed by atoms with Crippen molar-refractivity contribution in [3.63, 3.8) is 0 Å². The van der Waals surface area contributed by atoms with Gasteiger partial charge in [-0.1, -0.05) is 36.3 Å². The molecule has 0 spiro atoms. The summed E-state index contributed by atoms with van der Waals surface area (Å²) in [5.74, 6) is 2.73. The summed E-state index contributed by atoms with van der Waals surface area (Å²) in [5, 5.41) is 5.66. The summed E-state index contributed by atoms with van der Waals surface area (Å²) in [7, 11) is 1.97. The zero-order valence-electron chi connectivity index (χ0n) is 23.9. The Morgan fingerprint density at radius 3 is 2.86 bits per heavy atom. The number of ether oxygens (including phenoxy) is 1. The van der Waals surface area contributed by atoms with Crippen LogP contribution in [-0.2, 0) is 0 Å². The second-order valence-corrected chi connectivity index (χ2v) is 11.9. The van der Waals surface area contributed by atoms with E-state index in [-0.39, 0.29) is 41.5 Å². The van der Waals surface area contributed by atoms with Crippen LogP contribution < -0.4 is 15.0 Å². The topological polar surface area (TPSA) is 66.4 Å². The van der Waals surface area contributed by atoms with Crippen molar-refractivity contribution in [2.24, 2.45) is 0 Å². The zero-order chi connectivity index (χ0) is 29.0. The molecule has 9 heteroatoms. The molecule has 3 fully saturated rings. The third kappa shape index (κ3) is 4.36. The van der Waals surface area contributed by atoms with Gasteiger partial charge in [0, 0.05) is 54.8 Å². The highest BCUT2D eigenvalue weighted by Crippen LogP contribution is 2.41. The van der Waals surface area contributed by atoms with E-state index < -0.39 is 12.0 Å². The molecule has 0 aliphatic carbocycles. The molecular formula is C33H34F2N6O. The highest BCUT2D eigenvalue weighted by molar-refractivity contribution is 6.02. The maximum Gasteiger partial charge on any atom is 0.319 e. The molecule has 0 bridgehead atoms. The lowest BCUT2D eigenvalue weighted by atomic mass is 9.95. The van der Waals surface area contributed by atoms with Crippen LogP contribution in [0.3, 0.4) is 0 Å². The molecule has 2 aromatic heterocycles. The number of aromatic nitrogens is 3. The highest BCUT2D eigenvalue weighted by atomic mass is 19.1. The number of anilines is 1. The van der Waals surface area contributed by atoms with E-state index in [2.05, 4.69) is 37.9 Å². The monoisotopic (exact) mass is 568 g/mol. The van der Waals surface area contributed by atoms with Crippen molar-refractivity contribution in [3.05, 3.63) is 54.0 Å². The van der Waals surface area contributed by atoms with Crippen molar-refractivity contribution in [1.29, 1.82) is 0 Å². The number of halogens is 2. The van der Waals surface area contributed by atoms with Gasteiger partial charge in [0.25, 0.3) is 0 Å². The number of nitrogens with one attached hydrogen (secondary N) is 1. The number of likely N-dealkylation sites (N-methyl/N-ethyl adjacent to an activating group) is 1. The summed E-state index contributed by atoms with van der Waals surface area (Å²) in [6.07, 6.45) is 9.82. The quantitative estimate of drug-likeness (QED) is 0.325. The minimum atomic E-state index is -0.871. The number of terminal acetylenes is 1. The second-order valence-electron chi connectivity index (χ2n) is 11.9. The van der Waals surface area contributed by atoms with Gasteiger partial charge in [0.05, 0.1) is 10.9 Å². The average molecular weight is 569 g/mol. The molecule has 0 saturated carbocycles. The van der Waals surface area contributed by atoms with Crippen LogP contribution in [0.2, 0.25) is 0 Å². The van der Waals surface area contributed by atoms with Gasteiger partial charge < -0.3 is 15.0 Å². The summed E-state index contributed by atoms with van der Waals surface area (Å²) >= 11 is 0. The minimum Gasteiger partial charge on any atom is -0.461 e. The first-order valence-electron chi connectivity index (χ1n) is 14.7. The normalized spacial score (nSPS) is 25.6. The van der Waals surface area contributed by atoms with E-state index in [9.17, 15) is 4.39 Å². The summed E-state index contributed by atoms with van der Waals surface area (Å²) in [4.78, 5) is 18.3. The number of pyridine rings is 1. The van der Waals surface area contributed by atoms with Crippen molar-refractivity contribution in [3.8, 4) is 29.6 Å². The molecule has 7 rings (SSSR count). The molecule has 42 heavy (non-hydrogen) atoms. The lowest BCUT2D eigenvalue weighted by Crippen LogP contribution is -2.43. The Morgan fingerprint density at radius 2 is 2.07 bits per heavy atom. The number of benzene rings is 2. The van der Waals surface area contributed by atoms with Gasteiger partial charge in [0.15, 0.2) is 5.82 Å². The van der Waals surface area contributed by atoms with E-state index in [1.807, 2.05) is 43.4 Å². The second kappa shape index (κ2) is 10.4. The maximum absolute atomic E-state index is 16.7. The predicted octanol–water partition coefficient (Wildman–Crippen LogP) is 5.11. The Bertz CT molecular complexity index is 1720. The van der Waals surface area contributed by atoms with Crippen LogP contribution in [0.25, 0.3) is 32.9 Å². The van der Waals surface area contributed by atoms with Crippen LogP contribution in [0.4, 0.5) is 14.6 Å². The third-order valence-electron chi connectivity index (χ3n) is 9.50. The lowest BCUT2D eigenvalue weighted by molar-refractivity contribution is 0.107. The highest BCUT2D eigenvalue weighted by Gasteiger charge is 2.49. The maximum atomic E-state index is 16.7. The summed E-state index contributed by atoms with van der Waals surface area (Å²) in [5.41, 5.74) is 1.20. The number of alkyl halides is 1. The van der Waals surface area contributed by atoms with Crippen LogP contribution in [0.1, 0.15) is 38.2 Å². The van der Waals surface area contributed by atoms with Gasteiger partial charge in [-0.3, -0.25) is 9.88 Å². The Hall–Kier alpha value is -3.87. The van der Waals surface area contributed by atoms with Crippen LogP contribution in [0.5, 0.6) is 6.01 Å². The minimum absolute atomic E-state index is 0.0878. The van der Waals surface area contributed by atoms with Gasteiger partial charge in [-0.25, -0.2) is 8.78 Å². The largest absolute Gasteiger partial charge is 0.461 e. The zero-order valence-corrected chi connectivity index (χ0v) is 23.9. The molecule has 5 heterocycles. The molecule has 7 nitrogen and oxygen atoms in total. The van der Waals surface area contributed by atoms with Gasteiger partial charge in [-0.2, -0.15) is 9.97 Å². The van der Waals surface area contributed by atoms with Crippen LogP contribution >= 0.6 is 0 Å². The number of fused-ring (bicyclic) bond motifs is 3. The fourth-order valence-corrected chi connectivity index (χ4v) is 7.38. The molecule has 3 unspecified atom stereocenters. The molecule has 3 aliphatic rings. The first-order chi connectivity index (χ1) is 20.4. The van der Waals surface area contributed by atoms with E-state index in [0.717, 1.165) is 43.1 Å². The van der Waals surface area contributed by atoms with Crippen LogP contribution in [-0.4, -0.2) is 76.9 Å². The Balaban J connectivity index is 1.36. The fourth-order valence-electron chi connectivity index (χ4n) is 7.38. The standard InChI is InChI=1S/C33H34F2N6O/c1-4-21-8-5-9-22-10-6-11-24(27(21)22)29-28(35)30-25(17-37-29)31(40(3)26-12-14-36-20(26)2)39-32(38-30)42-19-33-13-7-15-41(33)18-23(34)16-33/h1,5-6,8-11,17,20,23,26,36H,7,12-16,18-19H2,2-3H3/t20?,23?,26?,33-/m0/s1. The van der Waals surface area contributed by atoms with E-state index in [1.54, 1.807) is 6.20 Å². The van der Waals surface area contributed by atoms with Gasteiger partial charge in [-0.15, -0.1) is 6.42 Å². The fraction of sp³-hybridized carbons (Fsp3) is 0.424. The molecule has 216 valence electrons. The Morgan fingerprint density at radius 1 is 1.24 bits per heavy atom. The van der Waals surface area contributed by atoms with Gasteiger partial charge in [-0.05, 0) is 50.7 Å². The van der Waals surface area contributed by atoms with Gasteiger partial charge in [0.1, 0.15) is 29.8 Å². The van der Waals surface area contributed by atoms with E-state index in [4.69, 9.17) is 16.1 Å². The van der Waals surface area contributed by atoms with Gasteiger partial charge in [0.2, 0.25) is 0 Å². The number of hydrogen-bond acceptors (Lipinski definition) is 7. The van der Waals surface area contributed by atoms with Gasteiger partial charge >= 0.3 is 6.01 Å². The number of nitrogens with zero attached hydrogens (tertiary/aromatic N) is 5. The van der Waals surface area contributed by atoms with E-state index >= 15 is 4.39 Å². The SMILES string of the molecule is C#Cc1cccc2cccc(-c3ncc4c(N(C)C5CCNC5C)nc(OC[C@@]56CCCN5CC(F)C6)nc4c3F)c12. The summed E-state index contributed by atoms with van der Waals surface area (Å²) in [6.45, 7) is 4.57. The number of rotatable bonds is 6. The van der Waals surface area contributed by atoms with E-state index in [0.29, 0.717) is 35.3 Å².